The van der Waals surface area contributed by atoms with Crippen LogP contribution in [0.5, 0.6) is 0 Å². The van der Waals surface area contributed by atoms with Gasteiger partial charge in [0.05, 0.1) is 0 Å². The predicted molar refractivity (Wildman–Crippen MR) is 53.6 cm³/mol. The van der Waals surface area contributed by atoms with Crippen molar-refractivity contribution in [3.05, 3.63) is 12.2 Å². The third-order valence-corrected chi connectivity index (χ3v) is 3.03. The van der Waals surface area contributed by atoms with Crippen molar-refractivity contribution in [2.75, 3.05) is 6.61 Å². The molecule has 11 heavy (non-hydrogen) atoms. The summed E-state index contributed by atoms with van der Waals surface area (Å²) in [5.41, 5.74) is 1.32. The highest BCUT2D eigenvalue weighted by Gasteiger charge is 2.13. The molecule has 0 aromatic carbocycles. The number of allylic oxidation sites excluding steroid dienone is 1. The summed E-state index contributed by atoms with van der Waals surface area (Å²) in [7, 11) is -0.951. The molecule has 0 heterocycles. The summed E-state index contributed by atoms with van der Waals surface area (Å²) in [4.78, 5) is 0. The summed E-state index contributed by atoms with van der Waals surface area (Å²) in [6.45, 7) is 11.3. The largest absolute Gasteiger partial charge is 0.396 e. The van der Waals surface area contributed by atoms with Crippen LogP contribution in [0.3, 0.4) is 0 Å². The molecule has 2 heteroatoms. The number of aliphatic hydroxyl groups is 1. The Morgan fingerprint density at radius 2 is 1.91 bits per heavy atom. The van der Waals surface area contributed by atoms with E-state index in [0.717, 1.165) is 12.8 Å². The normalized spacial score (nSPS) is 11.6. The van der Waals surface area contributed by atoms with Crippen LogP contribution in [0.2, 0.25) is 25.7 Å². The van der Waals surface area contributed by atoms with Gasteiger partial charge in [0.1, 0.15) is 0 Å². The van der Waals surface area contributed by atoms with E-state index >= 15 is 0 Å². The van der Waals surface area contributed by atoms with Crippen molar-refractivity contribution in [2.24, 2.45) is 0 Å². The first-order valence-corrected chi connectivity index (χ1v) is 7.94. The van der Waals surface area contributed by atoms with E-state index in [4.69, 9.17) is 5.11 Å². The van der Waals surface area contributed by atoms with Gasteiger partial charge in [-0.15, -0.1) is 6.58 Å². The topological polar surface area (TPSA) is 20.2 Å². The zero-order valence-corrected chi connectivity index (χ0v) is 8.98. The van der Waals surface area contributed by atoms with Gasteiger partial charge in [0.2, 0.25) is 0 Å². The third-order valence-electron chi connectivity index (χ3n) is 1.47. The molecule has 0 saturated heterocycles. The third kappa shape index (κ3) is 7.82. The van der Waals surface area contributed by atoms with Crippen LogP contribution in [0.4, 0.5) is 0 Å². The first kappa shape index (κ1) is 10.9. The second-order valence-electron chi connectivity index (χ2n) is 4.31. The molecular formula is C9H20OSi. The quantitative estimate of drug-likeness (QED) is 0.499. The Bertz CT molecular complexity index is 124. The van der Waals surface area contributed by atoms with Crippen molar-refractivity contribution in [2.45, 2.75) is 38.5 Å². The van der Waals surface area contributed by atoms with Gasteiger partial charge in [-0.3, -0.25) is 0 Å². The van der Waals surface area contributed by atoms with E-state index in [1.54, 1.807) is 0 Å². The molecule has 0 bridgehead atoms. The fraction of sp³-hybridized carbons (Fsp3) is 0.778. The maximum atomic E-state index is 8.58. The highest BCUT2D eigenvalue weighted by Crippen LogP contribution is 2.17. The highest BCUT2D eigenvalue weighted by atomic mass is 28.3. The molecule has 0 rings (SSSR count). The number of hydrogen-bond acceptors (Lipinski definition) is 1. The molecule has 0 radical (unpaired) electrons. The second-order valence-corrected chi connectivity index (χ2v) is 9.79. The van der Waals surface area contributed by atoms with Crippen molar-refractivity contribution in [3.8, 4) is 0 Å². The van der Waals surface area contributed by atoms with Gasteiger partial charge in [-0.05, 0) is 18.9 Å². The lowest BCUT2D eigenvalue weighted by atomic mass is 10.2. The maximum absolute atomic E-state index is 8.58. The SMILES string of the molecule is C=C(CCCO)C[Si](C)(C)C. The van der Waals surface area contributed by atoms with Crippen molar-refractivity contribution in [1.82, 2.24) is 0 Å². The van der Waals surface area contributed by atoms with E-state index in [0.29, 0.717) is 6.61 Å². The van der Waals surface area contributed by atoms with E-state index in [-0.39, 0.29) is 0 Å². The van der Waals surface area contributed by atoms with Crippen LogP contribution in [0.15, 0.2) is 12.2 Å². The lowest BCUT2D eigenvalue weighted by Gasteiger charge is -2.16. The molecule has 0 unspecified atom stereocenters. The van der Waals surface area contributed by atoms with E-state index in [1.807, 2.05) is 0 Å². The van der Waals surface area contributed by atoms with E-state index < -0.39 is 8.07 Å². The van der Waals surface area contributed by atoms with Crippen molar-refractivity contribution < 1.29 is 5.11 Å². The zero-order chi connectivity index (χ0) is 8.91. The average molecular weight is 172 g/mol. The fourth-order valence-corrected chi connectivity index (χ4v) is 2.84. The average Bonchev–Trinajstić information content (AvgIpc) is 1.79. The van der Waals surface area contributed by atoms with E-state index in [2.05, 4.69) is 26.2 Å². The summed E-state index contributed by atoms with van der Waals surface area (Å²) in [6, 6.07) is 1.20. The minimum absolute atomic E-state index is 0.296. The molecule has 0 amide bonds. The van der Waals surface area contributed by atoms with Crippen molar-refractivity contribution >= 4 is 8.07 Å². The van der Waals surface area contributed by atoms with Gasteiger partial charge in [-0.2, -0.15) is 0 Å². The van der Waals surface area contributed by atoms with E-state index in [1.165, 1.54) is 11.6 Å². The Balaban J connectivity index is 3.53. The lowest BCUT2D eigenvalue weighted by molar-refractivity contribution is 0.288. The molecule has 0 spiro atoms. The summed E-state index contributed by atoms with van der Waals surface area (Å²) in [5, 5.41) is 8.58. The summed E-state index contributed by atoms with van der Waals surface area (Å²) < 4.78 is 0. The summed E-state index contributed by atoms with van der Waals surface area (Å²) in [6.07, 6.45) is 1.88. The highest BCUT2D eigenvalue weighted by molar-refractivity contribution is 6.76. The van der Waals surface area contributed by atoms with Crippen molar-refractivity contribution in [1.29, 1.82) is 0 Å². The smallest absolute Gasteiger partial charge is 0.0483 e. The molecule has 0 fully saturated rings. The van der Waals surface area contributed by atoms with Crippen LogP contribution in [0.25, 0.3) is 0 Å². The van der Waals surface area contributed by atoms with Crippen LogP contribution < -0.4 is 0 Å². The molecule has 0 saturated carbocycles. The van der Waals surface area contributed by atoms with Gasteiger partial charge < -0.3 is 5.11 Å². The minimum Gasteiger partial charge on any atom is -0.396 e. The van der Waals surface area contributed by atoms with Gasteiger partial charge in [-0.25, -0.2) is 0 Å². The standard InChI is InChI=1S/C9H20OSi/c1-9(6-5-7-10)8-11(2,3)4/h10H,1,5-8H2,2-4H3. The van der Waals surface area contributed by atoms with Crippen LogP contribution in [-0.4, -0.2) is 19.8 Å². The monoisotopic (exact) mass is 172 g/mol. The van der Waals surface area contributed by atoms with Crippen LogP contribution >= 0.6 is 0 Å². The van der Waals surface area contributed by atoms with Gasteiger partial charge in [0, 0.05) is 14.7 Å². The molecule has 0 aliphatic carbocycles. The Kier molecular flexibility index (Phi) is 4.69. The Labute approximate surface area is 71.1 Å². The van der Waals surface area contributed by atoms with Crippen LogP contribution in [0.1, 0.15) is 12.8 Å². The van der Waals surface area contributed by atoms with Crippen LogP contribution in [-0.2, 0) is 0 Å². The van der Waals surface area contributed by atoms with Crippen molar-refractivity contribution in [3.63, 3.8) is 0 Å². The first-order chi connectivity index (χ1) is 4.95. The lowest BCUT2D eigenvalue weighted by Crippen LogP contribution is -2.19. The summed E-state index contributed by atoms with van der Waals surface area (Å²) in [5.74, 6) is 0. The molecule has 0 aliphatic rings. The molecule has 1 N–H and O–H groups in total. The molecule has 0 aromatic heterocycles. The zero-order valence-electron chi connectivity index (χ0n) is 7.98. The Morgan fingerprint density at radius 1 is 1.36 bits per heavy atom. The molecule has 0 aromatic rings. The molecule has 66 valence electrons. The van der Waals surface area contributed by atoms with Gasteiger partial charge in [-0.1, -0.05) is 25.2 Å². The fourth-order valence-electron chi connectivity index (χ4n) is 1.17. The Morgan fingerprint density at radius 3 is 2.27 bits per heavy atom. The maximum Gasteiger partial charge on any atom is 0.0483 e. The number of aliphatic hydroxyl groups excluding tert-OH is 1. The van der Waals surface area contributed by atoms with E-state index in [9.17, 15) is 0 Å². The van der Waals surface area contributed by atoms with Gasteiger partial charge in [0.15, 0.2) is 0 Å². The summed E-state index contributed by atoms with van der Waals surface area (Å²) >= 11 is 0. The molecular weight excluding hydrogens is 152 g/mol. The first-order valence-electron chi connectivity index (χ1n) is 4.23. The van der Waals surface area contributed by atoms with Gasteiger partial charge >= 0.3 is 0 Å². The Hall–Kier alpha value is -0.0831. The predicted octanol–water partition coefficient (Wildman–Crippen LogP) is 2.65. The molecule has 0 atom stereocenters. The molecule has 0 aliphatic heterocycles. The number of rotatable bonds is 5. The molecule has 1 nitrogen and oxygen atoms in total. The van der Waals surface area contributed by atoms with Crippen LogP contribution in [0, 0.1) is 0 Å². The minimum atomic E-state index is -0.951. The second kappa shape index (κ2) is 4.73. The van der Waals surface area contributed by atoms with Gasteiger partial charge in [0.25, 0.3) is 0 Å². The number of hydrogen-bond donors (Lipinski definition) is 1.